The van der Waals surface area contributed by atoms with Crippen molar-refractivity contribution in [1.29, 1.82) is 5.41 Å². The van der Waals surface area contributed by atoms with Gasteiger partial charge in [-0.15, -0.1) is 0 Å². The van der Waals surface area contributed by atoms with E-state index in [2.05, 4.69) is 15.3 Å². The molecule has 0 bridgehead atoms. The van der Waals surface area contributed by atoms with Crippen LogP contribution in [-0.4, -0.2) is 35.6 Å². The summed E-state index contributed by atoms with van der Waals surface area (Å²) in [4.78, 5) is 8.88. The Bertz CT molecular complexity index is 934. The van der Waals surface area contributed by atoms with Crippen LogP contribution < -0.4 is 11.1 Å². The van der Waals surface area contributed by atoms with Gasteiger partial charge in [0.15, 0.2) is 5.16 Å². The zero-order chi connectivity index (χ0) is 19.9. The molecule has 1 heterocycles. The Hall–Kier alpha value is -2.90. The van der Waals surface area contributed by atoms with Crippen molar-refractivity contribution in [3.63, 3.8) is 0 Å². The molecule has 0 saturated heterocycles. The lowest BCUT2D eigenvalue weighted by molar-refractivity contribution is 0.114. The first-order chi connectivity index (χ1) is 13.6. The number of hydrogen-bond acceptors (Lipinski definition) is 7. The van der Waals surface area contributed by atoms with E-state index in [-0.39, 0.29) is 17.6 Å². The molecule has 0 saturated carbocycles. The summed E-state index contributed by atoms with van der Waals surface area (Å²) >= 11 is 1.41. The maximum Gasteiger partial charge on any atom is 0.191 e. The van der Waals surface area contributed by atoms with E-state index in [1.54, 1.807) is 7.11 Å². The summed E-state index contributed by atoms with van der Waals surface area (Å²) in [6.45, 7) is 0.486. The molecule has 3 aromatic rings. The highest BCUT2D eigenvalue weighted by Gasteiger charge is 2.19. The molecule has 0 radical (unpaired) electrons. The first-order valence-corrected chi connectivity index (χ1v) is 10.0. The third kappa shape index (κ3) is 4.49. The molecule has 0 aliphatic carbocycles. The standard InChI is InChI=1S/C21H23N5OS/c1-27-16(14-9-5-3-6-10-14)13-24-20-17(19(23)25-21(26-20)28-2)18(22)15-11-7-4-8-12-15/h3-12,16,22H,13H2,1-2H3,(H3,23,24,25,26). The summed E-state index contributed by atoms with van der Waals surface area (Å²) in [7, 11) is 1.67. The topological polar surface area (TPSA) is 96.9 Å². The summed E-state index contributed by atoms with van der Waals surface area (Å²) in [6, 6.07) is 19.4. The number of methoxy groups -OCH3 is 1. The lowest BCUT2D eigenvalue weighted by Crippen LogP contribution is -2.19. The summed E-state index contributed by atoms with van der Waals surface area (Å²) in [5.74, 6) is 0.813. The van der Waals surface area contributed by atoms with E-state index in [4.69, 9.17) is 15.9 Å². The minimum atomic E-state index is -0.158. The number of anilines is 2. The van der Waals surface area contributed by atoms with Crippen molar-refractivity contribution in [2.24, 2.45) is 0 Å². The smallest absolute Gasteiger partial charge is 0.191 e. The summed E-state index contributed by atoms with van der Waals surface area (Å²) in [5, 5.41) is 12.5. The van der Waals surface area contributed by atoms with Crippen molar-refractivity contribution < 1.29 is 4.74 Å². The van der Waals surface area contributed by atoms with Gasteiger partial charge >= 0.3 is 0 Å². The van der Waals surface area contributed by atoms with Crippen molar-refractivity contribution in [1.82, 2.24) is 9.97 Å². The molecular formula is C21H23N5OS. The van der Waals surface area contributed by atoms with Gasteiger partial charge in [0.25, 0.3) is 0 Å². The van der Waals surface area contributed by atoms with Gasteiger partial charge in [0.2, 0.25) is 0 Å². The summed E-state index contributed by atoms with van der Waals surface area (Å²) < 4.78 is 5.63. The number of thioether (sulfide) groups is 1. The highest BCUT2D eigenvalue weighted by atomic mass is 32.2. The van der Waals surface area contributed by atoms with E-state index in [0.29, 0.717) is 23.1 Å². The largest absolute Gasteiger partial charge is 0.383 e. The van der Waals surface area contributed by atoms with E-state index in [9.17, 15) is 0 Å². The summed E-state index contributed by atoms with van der Waals surface area (Å²) in [5.41, 5.74) is 8.79. The second-order valence-corrected chi connectivity index (χ2v) is 6.85. The zero-order valence-corrected chi connectivity index (χ0v) is 16.7. The Morgan fingerprint density at radius 1 is 1.11 bits per heavy atom. The summed E-state index contributed by atoms with van der Waals surface area (Å²) in [6.07, 6.45) is 1.73. The number of nitrogens with one attached hydrogen (secondary N) is 2. The van der Waals surface area contributed by atoms with E-state index in [1.165, 1.54) is 11.8 Å². The van der Waals surface area contributed by atoms with Crippen LogP contribution in [0.2, 0.25) is 0 Å². The molecule has 0 aliphatic rings. The van der Waals surface area contributed by atoms with Crippen LogP contribution in [0.5, 0.6) is 0 Å². The Morgan fingerprint density at radius 3 is 2.36 bits per heavy atom. The first kappa shape index (κ1) is 19.9. The van der Waals surface area contributed by atoms with E-state index in [1.807, 2.05) is 66.9 Å². The number of rotatable bonds is 8. The maximum absolute atomic E-state index is 8.64. The molecule has 1 unspecified atom stereocenters. The van der Waals surface area contributed by atoms with Crippen LogP contribution in [0.25, 0.3) is 0 Å². The molecule has 0 amide bonds. The minimum absolute atomic E-state index is 0.158. The lowest BCUT2D eigenvalue weighted by Gasteiger charge is -2.19. The first-order valence-electron chi connectivity index (χ1n) is 8.81. The van der Waals surface area contributed by atoms with Crippen LogP contribution in [-0.2, 0) is 4.74 Å². The molecule has 0 aliphatic heterocycles. The molecule has 2 aromatic carbocycles. The van der Waals surface area contributed by atoms with E-state index < -0.39 is 0 Å². The number of nitrogen functional groups attached to an aromatic ring is 1. The Labute approximate surface area is 169 Å². The van der Waals surface area contributed by atoms with Crippen LogP contribution >= 0.6 is 11.8 Å². The normalized spacial score (nSPS) is 11.8. The van der Waals surface area contributed by atoms with Crippen LogP contribution in [0.15, 0.2) is 65.8 Å². The van der Waals surface area contributed by atoms with Gasteiger partial charge in [0.1, 0.15) is 11.6 Å². The van der Waals surface area contributed by atoms with Crippen LogP contribution in [0.1, 0.15) is 22.8 Å². The Kier molecular flexibility index (Phi) is 6.62. The molecule has 0 fully saturated rings. The molecule has 1 aromatic heterocycles. The second-order valence-electron chi connectivity index (χ2n) is 6.08. The van der Waals surface area contributed by atoms with Gasteiger partial charge in [-0.1, -0.05) is 72.4 Å². The average Bonchev–Trinajstić information content (AvgIpc) is 2.74. The van der Waals surface area contributed by atoms with Crippen molar-refractivity contribution in [2.45, 2.75) is 11.3 Å². The third-order valence-electron chi connectivity index (χ3n) is 4.32. The fourth-order valence-electron chi connectivity index (χ4n) is 2.87. The predicted molar refractivity (Wildman–Crippen MR) is 115 cm³/mol. The molecule has 3 rings (SSSR count). The van der Waals surface area contributed by atoms with Crippen LogP contribution in [0, 0.1) is 5.41 Å². The molecule has 1 atom stereocenters. The SMILES string of the molecule is COC(CNc1nc(SC)nc(N)c1C(=N)c1ccccc1)c1ccccc1. The zero-order valence-electron chi connectivity index (χ0n) is 15.8. The number of hydrogen-bond donors (Lipinski definition) is 3. The van der Waals surface area contributed by atoms with Crippen molar-refractivity contribution >= 4 is 29.1 Å². The molecule has 28 heavy (non-hydrogen) atoms. The molecule has 144 valence electrons. The Morgan fingerprint density at radius 2 is 1.75 bits per heavy atom. The molecule has 6 nitrogen and oxygen atoms in total. The van der Waals surface area contributed by atoms with Gasteiger partial charge < -0.3 is 15.8 Å². The van der Waals surface area contributed by atoms with Gasteiger partial charge in [-0.05, 0) is 11.8 Å². The molecule has 0 spiro atoms. The second kappa shape index (κ2) is 9.34. The number of nitrogens with two attached hydrogens (primary N) is 1. The quantitative estimate of drug-likeness (QED) is 0.304. The van der Waals surface area contributed by atoms with E-state index >= 15 is 0 Å². The fourth-order valence-corrected chi connectivity index (χ4v) is 3.24. The minimum Gasteiger partial charge on any atom is -0.383 e. The van der Waals surface area contributed by atoms with Crippen LogP contribution in [0.3, 0.4) is 0 Å². The van der Waals surface area contributed by atoms with Crippen molar-refractivity contribution in [2.75, 3.05) is 31.0 Å². The monoisotopic (exact) mass is 393 g/mol. The van der Waals surface area contributed by atoms with E-state index in [0.717, 1.165) is 11.1 Å². The highest BCUT2D eigenvalue weighted by Crippen LogP contribution is 2.26. The number of benzene rings is 2. The van der Waals surface area contributed by atoms with Crippen molar-refractivity contribution in [3.8, 4) is 0 Å². The van der Waals surface area contributed by atoms with Gasteiger partial charge in [-0.2, -0.15) is 0 Å². The van der Waals surface area contributed by atoms with Gasteiger partial charge in [0.05, 0.1) is 17.4 Å². The number of aromatic nitrogens is 2. The average molecular weight is 394 g/mol. The van der Waals surface area contributed by atoms with Gasteiger partial charge in [0, 0.05) is 19.2 Å². The molecule has 7 heteroatoms. The lowest BCUT2D eigenvalue weighted by atomic mass is 10.0. The maximum atomic E-state index is 8.64. The number of ether oxygens (including phenoxy) is 1. The molecule has 4 N–H and O–H groups in total. The third-order valence-corrected chi connectivity index (χ3v) is 4.87. The van der Waals surface area contributed by atoms with Crippen LogP contribution in [0.4, 0.5) is 11.6 Å². The van der Waals surface area contributed by atoms with Gasteiger partial charge in [-0.3, -0.25) is 5.41 Å². The number of nitrogens with zero attached hydrogens (tertiary/aromatic N) is 2. The van der Waals surface area contributed by atoms with Gasteiger partial charge in [-0.25, -0.2) is 9.97 Å². The Balaban J connectivity index is 1.92. The van der Waals surface area contributed by atoms with Crippen molar-refractivity contribution in [3.05, 3.63) is 77.4 Å². The fraction of sp³-hybridized carbons (Fsp3) is 0.190. The highest BCUT2D eigenvalue weighted by molar-refractivity contribution is 7.98. The predicted octanol–water partition coefficient (Wildman–Crippen LogP) is 4.00. The molecular weight excluding hydrogens is 370 g/mol.